The van der Waals surface area contributed by atoms with Crippen molar-refractivity contribution in [3.05, 3.63) is 40.3 Å². The van der Waals surface area contributed by atoms with E-state index in [2.05, 4.69) is 9.97 Å². The number of nitrogens with two attached hydrogens (primary N) is 1. The highest BCUT2D eigenvalue weighted by atomic mass is 35.5. The summed E-state index contributed by atoms with van der Waals surface area (Å²) in [4.78, 5) is 18.8. The SMILES string of the molecule is Nc1cc(-c2ccc(Cl)nc2)nc(C(=O)O)c1Cl. The van der Waals surface area contributed by atoms with E-state index in [9.17, 15) is 4.79 Å². The molecule has 0 fully saturated rings. The molecule has 0 saturated carbocycles. The van der Waals surface area contributed by atoms with E-state index in [0.717, 1.165) is 0 Å². The van der Waals surface area contributed by atoms with Gasteiger partial charge in [-0.3, -0.25) is 0 Å². The van der Waals surface area contributed by atoms with Crippen molar-refractivity contribution < 1.29 is 9.90 Å². The molecule has 0 radical (unpaired) electrons. The van der Waals surface area contributed by atoms with Gasteiger partial charge >= 0.3 is 5.97 Å². The lowest BCUT2D eigenvalue weighted by atomic mass is 10.1. The summed E-state index contributed by atoms with van der Waals surface area (Å²) in [6.45, 7) is 0. The molecule has 0 spiro atoms. The van der Waals surface area contributed by atoms with E-state index < -0.39 is 5.97 Å². The Hall–Kier alpha value is -1.85. The molecule has 0 aromatic carbocycles. The molecule has 2 aromatic heterocycles. The van der Waals surface area contributed by atoms with Crippen molar-refractivity contribution >= 4 is 34.9 Å². The van der Waals surface area contributed by atoms with Gasteiger partial charge < -0.3 is 10.8 Å². The van der Waals surface area contributed by atoms with Crippen molar-refractivity contribution in [1.29, 1.82) is 0 Å². The molecule has 7 heteroatoms. The summed E-state index contributed by atoms with van der Waals surface area (Å²) in [5, 5.41) is 9.22. The van der Waals surface area contributed by atoms with Gasteiger partial charge in [-0.25, -0.2) is 14.8 Å². The molecular formula is C11H7Cl2N3O2. The molecule has 3 N–H and O–H groups in total. The Bertz CT molecular complexity index is 614. The minimum absolute atomic E-state index is 0.0758. The van der Waals surface area contributed by atoms with Crippen LogP contribution >= 0.6 is 23.2 Å². The van der Waals surface area contributed by atoms with Crippen molar-refractivity contribution in [3.63, 3.8) is 0 Å². The van der Waals surface area contributed by atoms with Gasteiger partial charge in [0.25, 0.3) is 0 Å². The highest BCUT2D eigenvalue weighted by molar-refractivity contribution is 6.35. The first-order chi connectivity index (χ1) is 8.49. The van der Waals surface area contributed by atoms with Crippen LogP contribution in [0.1, 0.15) is 10.5 Å². The zero-order valence-electron chi connectivity index (χ0n) is 8.89. The third-order valence-electron chi connectivity index (χ3n) is 2.21. The van der Waals surface area contributed by atoms with E-state index >= 15 is 0 Å². The molecule has 0 saturated heterocycles. The first-order valence-corrected chi connectivity index (χ1v) is 5.56. The van der Waals surface area contributed by atoms with Gasteiger partial charge in [0.1, 0.15) is 5.15 Å². The maximum Gasteiger partial charge on any atom is 0.356 e. The Balaban J connectivity index is 2.59. The summed E-state index contributed by atoms with van der Waals surface area (Å²) in [5.74, 6) is -1.24. The number of aromatic nitrogens is 2. The number of pyridine rings is 2. The van der Waals surface area contributed by atoms with Crippen LogP contribution in [0.3, 0.4) is 0 Å². The van der Waals surface area contributed by atoms with E-state index in [1.807, 2.05) is 0 Å². The summed E-state index contributed by atoms with van der Waals surface area (Å²) in [7, 11) is 0. The maximum absolute atomic E-state index is 11.0. The number of hydrogen-bond acceptors (Lipinski definition) is 4. The number of hydrogen-bond donors (Lipinski definition) is 2. The third-order valence-corrected chi connectivity index (χ3v) is 2.83. The van der Waals surface area contributed by atoms with Gasteiger partial charge in [0, 0.05) is 11.8 Å². The Morgan fingerprint density at radius 1 is 1.33 bits per heavy atom. The third kappa shape index (κ3) is 2.37. The average molecular weight is 284 g/mol. The van der Waals surface area contributed by atoms with Crippen LogP contribution in [-0.4, -0.2) is 21.0 Å². The standard InChI is InChI=1S/C11H7Cl2N3O2/c12-8-2-1-5(4-15-8)7-3-6(14)9(13)10(16-7)11(17)18/h1-4H,(H2,14,16)(H,17,18). The molecule has 0 aliphatic carbocycles. The summed E-state index contributed by atoms with van der Waals surface area (Å²) in [6.07, 6.45) is 1.48. The van der Waals surface area contributed by atoms with E-state index in [-0.39, 0.29) is 16.4 Å². The fourth-order valence-corrected chi connectivity index (χ4v) is 1.66. The second-order valence-corrected chi connectivity index (χ2v) is 4.20. The summed E-state index contributed by atoms with van der Waals surface area (Å²) >= 11 is 11.4. The Morgan fingerprint density at radius 3 is 2.61 bits per heavy atom. The van der Waals surface area contributed by atoms with E-state index in [1.54, 1.807) is 12.1 Å². The minimum atomic E-state index is -1.24. The largest absolute Gasteiger partial charge is 0.476 e. The van der Waals surface area contributed by atoms with E-state index in [4.69, 9.17) is 34.0 Å². The average Bonchev–Trinajstić information content (AvgIpc) is 2.33. The highest BCUT2D eigenvalue weighted by Crippen LogP contribution is 2.27. The van der Waals surface area contributed by atoms with Crippen molar-refractivity contribution in [2.75, 3.05) is 5.73 Å². The predicted molar refractivity (Wildman–Crippen MR) is 68.9 cm³/mol. The summed E-state index contributed by atoms with van der Waals surface area (Å²) < 4.78 is 0. The normalized spacial score (nSPS) is 10.3. The quantitative estimate of drug-likeness (QED) is 0.827. The molecule has 92 valence electrons. The Kier molecular flexibility index (Phi) is 3.36. The first-order valence-electron chi connectivity index (χ1n) is 4.80. The second-order valence-electron chi connectivity index (χ2n) is 3.43. The van der Waals surface area contributed by atoms with Crippen LogP contribution in [0.5, 0.6) is 0 Å². The van der Waals surface area contributed by atoms with Crippen LogP contribution in [0, 0.1) is 0 Å². The lowest BCUT2D eigenvalue weighted by Gasteiger charge is -2.06. The molecule has 0 aliphatic heterocycles. The molecule has 18 heavy (non-hydrogen) atoms. The minimum Gasteiger partial charge on any atom is -0.476 e. The van der Waals surface area contributed by atoms with Crippen LogP contribution in [-0.2, 0) is 0 Å². The number of aromatic carboxylic acids is 1. The number of carboxylic acids is 1. The molecular weight excluding hydrogens is 277 g/mol. The van der Waals surface area contributed by atoms with Crippen LogP contribution in [0.25, 0.3) is 11.3 Å². The molecule has 0 amide bonds. The zero-order chi connectivity index (χ0) is 13.3. The van der Waals surface area contributed by atoms with Crippen molar-refractivity contribution in [2.24, 2.45) is 0 Å². The molecule has 2 aromatic rings. The maximum atomic E-state index is 11.0. The molecule has 0 unspecified atom stereocenters. The van der Waals surface area contributed by atoms with E-state index in [1.165, 1.54) is 12.3 Å². The number of carboxylic acid groups (broad SMARTS) is 1. The van der Waals surface area contributed by atoms with Crippen molar-refractivity contribution in [1.82, 2.24) is 9.97 Å². The molecule has 2 heterocycles. The van der Waals surface area contributed by atoms with Gasteiger partial charge in [0.2, 0.25) is 0 Å². The fourth-order valence-electron chi connectivity index (χ4n) is 1.37. The van der Waals surface area contributed by atoms with Crippen molar-refractivity contribution in [3.8, 4) is 11.3 Å². The molecule has 0 bridgehead atoms. The van der Waals surface area contributed by atoms with Crippen LogP contribution in [0.15, 0.2) is 24.4 Å². The number of anilines is 1. The lowest BCUT2D eigenvalue weighted by molar-refractivity contribution is 0.0691. The highest BCUT2D eigenvalue weighted by Gasteiger charge is 2.16. The van der Waals surface area contributed by atoms with Gasteiger partial charge in [-0.1, -0.05) is 23.2 Å². The summed E-state index contributed by atoms with van der Waals surface area (Å²) in [6, 6.07) is 4.72. The number of halogens is 2. The fraction of sp³-hybridized carbons (Fsp3) is 0. The molecule has 2 rings (SSSR count). The van der Waals surface area contributed by atoms with Gasteiger partial charge in [-0.2, -0.15) is 0 Å². The topological polar surface area (TPSA) is 89.1 Å². The second kappa shape index (κ2) is 4.80. The van der Waals surface area contributed by atoms with Crippen molar-refractivity contribution in [2.45, 2.75) is 0 Å². The number of nitrogens with zero attached hydrogens (tertiary/aromatic N) is 2. The first kappa shape index (κ1) is 12.6. The van der Waals surface area contributed by atoms with Gasteiger partial charge in [-0.05, 0) is 18.2 Å². The zero-order valence-corrected chi connectivity index (χ0v) is 10.4. The Labute approximate surface area is 112 Å². The van der Waals surface area contributed by atoms with Crippen LogP contribution in [0.4, 0.5) is 5.69 Å². The van der Waals surface area contributed by atoms with Gasteiger partial charge in [0.05, 0.1) is 16.4 Å². The molecule has 0 atom stereocenters. The van der Waals surface area contributed by atoms with Gasteiger partial charge in [-0.15, -0.1) is 0 Å². The van der Waals surface area contributed by atoms with Crippen LogP contribution in [0.2, 0.25) is 10.2 Å². The number of nitrogen functional groups attached to an aromatic ring is 1. The lowest BCUT2D eigenvalue weighted by Crippen LogP contribution is -2.05. The Morgan fingerprint density at radius 2 is 2.06 bits per heavy atom. The molecule has 0 aliphatic rings. The molecule has 5 nitrogen and oxygen atoms in total. The smallest absolute Gasteiger partial charge is 0.356 e. The predicted octanol–water partition coefficient (Wildman–Crippen LogP) is 2.73. The van der Waals surface area contributed by atoms with Crippen LogP contribution < -0.4 is 5.73 Å². The number of carbonyl (C=O) groups is 1. The summed E-state index contributed by atoms with van der Waals surface area (Å²) in [5.41, 5.74) is 6.48. The monoisotopic (exact) mass is 283 g/mol. The van der Waals surface area contributed by atoms with E-state index in [0.29, 0.717) is 16.4 Å². The number of rotatable bonds is 2. The van der Waals surface area contributed by atoms with Gasteiger partial charge in [0.15, 0.2) is 5.69 Å².